The number of hydrogen-bond acceptors (Lipinski definition) is 2. The Balaban J connectivity index is 2.89. The Labute approximate surface area is 83.9 Å². The van der Waals surface area contributed by atoms with Gasteiger partial charge in [-0.3, -0.25) is 0 Å². The number of rotatable bonds is 0. The molecule has 2 aromatic rings. The number of para-hydroxylation sites is 1. The number of nitrogens with two attached hydrogens (primary N) is 1. The van der Waals surface area contributed by atoms with E-state index in [0.29, 0.717) is 0 Å². The second-order valence-electron chi connectivity index (χ2n) is 2.55. The summed E-state index contributed by atoms with van der Waals surface area (Å²) in [6.45, 7) is 0. The number of anilines is 1. The topological polar surface area (TPSA) is 38.9 Å². The van der Waals surface area contributed by atoms with Gasteiger partial charge >= 0.3 is 0 Å². The summed E-state index contributed by atoms with van der Waals surface area (Å²) in [5.41, 5.74) is 7.57. The van der Waals surface area contributed by atoms with Gasteiger partial charge in [-0.05, 0) is 34.7 Å². The summed E-state index contributed by atoms with van der Waals surface area (Å²) in [7, 11) is 0. The van der Waals surface area contributed by atoms with Gasteiger partial charge in [-0.15, -0.1) is 0 Å². The first-order valence-corrected chi connectivity index (χ1v) is 4.66. The quantitative estimate of drug-likeness (QED) is 0.589. The third kappa shape index (κ3) is 1.24. The summed E-state index contributed by atoms with van der Waals surface area (Å²) in [4.78, 5) is 4.34. The zero-order valence-corrected chi connectivity index (χ0v) is 8.45. The van der Waals surface area contributed by atoms with Crippen molar-refractivity contribution in [2.45, 2.75) is 0 Å². The maximum atomic E-state index is 5.81. The minimum atomic E-state index is 0.796. The molecule has 0 aliphatic heterocycles. The van der Waals surface area contributed by atoms with E-state index in [9.17, 15) is 0 Å². The van der Waals surface area contributed by atoms with Gasteiger partial charge in [-0.1, -0.05) is 18.2 Å². The molecule has 2 rings (SSSR count). The highest BCUT2D eigenvalue weighted by molar-refractivity contribution is 14.1. The number of fused-ring (bicyclic) bond motifs is 1. The van der Waals surface area contributed by atoms with Crippen LogP contribution in [0.5, 0.6) is 0 Å². The van der Waals surface area contributed by atoms with Gasteiger partial charge < -0.3 is 5.73 Å². The average Bonchev–Trinajstić information content (AvgIpc) is 2.04. The van der Waals surface area contributed by atoms with Crippen molar-refractivity contribution in [2.24, 2.45) is 0 Å². The fraction of sp³-hybridized carbons (Fsp3) is 0. The van der Waals surface area contributed by atoms with Crippen molar-refractivity contribution >= 4 is 39.2 Å². The molecule has 0 amide bonds. The second-order valence-corrected chi connectivity index (χ2v) is 3.66. The summed E-state index contributed by atoms with van der Waals surface area (Å²) in [6, 6.07) is 9.75. The Kier molecular flexibility index (Phi) is 1.88. The van der Waals surface area contributed by atoms with Crippen LogP contribution in [0.3, 0.4) is 0 Å². The Morgan fingerprint density at radius 2 is 2.00 bits per heavy atom. The fourth-order valence-corrected chi connectivity index (χ4v) is 1.76. The van der Waals surface area contributed by atoms with E-state index in [1.807, 2.05) is 30.3 Å². The number of halogens is 1. The average molecular weight is 270 g/mol. The molecule has 0 radical (unpaired) electrons. The van der Waals surface area contributed by atoms with Crippen molar-refractivity contribution in [1.29, 1.82) is 0 Å². The van der Waals surface area contributed by atoms with Crippen molar-refractivity contribution in [1.82, 2.24) is 4.98 Å². The molecule has 2 nitrogen and oxygen atoms in total. The number of benzene rings is 1. The van der Waals surface area contributed by atoms with E-state index < -0.39 is 0 Å². The third-order valence-corrected chi connectivity index (χ3v) is 2.27. The van der Waals surface area contributed by atoms with Crippen LogP contribution in [0.4, 0.5) is 5.69 Å². The SMILES string of the molecule is Nc1cc(I)nc2ccccc12. The Bertz CT molecular complexity index is 426. The molecule has 60 valence electrons. The molecule has 0 atom stereocenters. The third-order valence-electron chi connectivity index (χ3n) is 1.72. The minimum Gasteiger partial charge on any atom is -0.398 e. The lowest BCUT2D eigenvalue weighted by Crippen LogP contribution is -1.90. The van der Waals surface area contributed by atoms with E-state index in [2.05, 4.69) is 27.6 Å². The van der Waals surface area contributed by atoms with Crippen molar-refractivity contribution < 1.29 is 0 Å². The van der Waals surface area contributed by atoms with Crippen molar-refractivity contribution in [3.63, 3.8) is 0 Å². The first kappa shape index (κ1) is 7.79. The van der Waals surface area contributed by atoms with Gasteiger partial charge in [0, 0.05) is 11.1 Å². The van der Waals surface area contributed by atoms with Crippen LogP contribution < -0.4 is 5.73 Å². The summed E-state index contributed by atoms with van der Waals surface area (Å²) in [5.74, 6) is 0. The molecule has 0 saturated heterocycles. The van der Waals surface area contributed by atoms with Crippen molar-refractivity contribution in [3.05, 3.63) is 34.0 Å². The Morgan fingerprint density at radius 3 is 2.83 bits per heavy atom. The van der Waals surface area contributed by atoms with Gasteiger partial charge in [-0.2, -0.15) is 0 Å². The number of nitrogens with zero attached hydrogens (tertiary/aromatic N) is 1. The van der Waals surface area contributed by atoms with Crippen LogP contribution in [0.25, 0.3) is 10.9 Å². The highest BCUT2D eigenvalue weighted by Crippen LogP contribution is 2.20. The zero-order chi connectivity index (χ0) is 8.55. The van der Waals surface area contributed by atoms with Crippen LogP contribution in [0.1, 0.15) is 0 Å². The van der Waals surface area contributed by atoms with Crippen molar-refractivity contribution in [3.8, 4) is 0 Å². The monoisotopic (exact) mass is 270 g/mol. The first-order valence-electron chi connectivity index (χ1n) is 3.58. The predicted molar refractivity (Wildman–Crippen MR) is 58.9 cm³/mol. The maximum Gasteiger partial charge on any atom is 0.104 e. The number of hydrogen-bond donors (Lipinski definition) is 1. The molecule has 0 unspecified atom stereocenters. The fourth-order valence-electron chi connectivity index (χ4n) is 1.17. The van der Waals surface area contributed by atoms with E-state index >= 15 is 0 Å². The van der Waals surface area contributed by atoms with E-state index in [0.717, 1.165) is 20.3 Å². The van der Waals surface area contributed by atoms with Crippen LogP contribution in [-0.2, 0) is 0 Å². The molecule has 0 aliphatic carbocycles. The zero-order valence-electron chi connectivity index (χ0n) is 6.29. The lowest BCUT2D eigenvalue weighted by Gasteiger charge is -2.00. The smallest absolute Gasteiger partial charge is 0.104 e. The summed E-state index contributed by atoms with van der Waals surface area (Å²) in [6.07, 6.45) is 0. The van der Waals surface area contributed by atoms with Crippen LogP contribution in [0, 0.1) is 3.70 Å². The molecule has 1 heterocycles. The van der Waals surface area contributed by atoms with Gasteiger partial charge in [0.1, 0.15) is 3.70 Å². The largest absolute Gasteiger partial charge is 0.398 e. The summed E-state index contributed by atoms with van der Waals surface area (Å²) < 4.78 is 0.934. The molecule has 3 heteroatoms. The van der Waals surface area contributed by atoms with E-state index in [1.54, 1.807) is 0 Å². The maximum absolute atomic E-state index is 5.81. The molecule has 0 fully saturated rings. The molecule has 12 heavy (non-hydrogen) atoms. The molecule has 0 saturated carbocycles. The molecular weight excluding hydrogens is 263 g/mol. The lowest BCUT2D eigenvalue weighted by atomic mass is 10.2. The molecule has 1 aromatic carbocycles. The van der Waals surface area contributed by atoms with Gasteiger partial charge in [0.25, 0.3) is 0 Å². The standard InChI is InChI=1S/C9H7IN2/c10-9-5-7(11)6-3-1-2-4-8(6)12-9/h1-5H,(H2,11,12). The van der Waals surface area contributed by atoms with Crippen molar-refractivity contribution in [2.75, 3.05) is 5.73 Å². The van der Waals surface area contributed by atoms with E-state index in [4.69, 9.17) is 5.73 Å². The van der Waals surface area contributed by atoms with Gasteiger partial charge in [0.05, 0.1) is 5.52 Å². The highest BCUT2D eigenvalue weighted by atomic mass is 127. The predicted octanol–water partition coefficient (Wildman–Crippen LogP) is 2.42. The van der Waals surface area contributed by atoms with Gasteiger partial charge in [-0.25, -0.2) is 4.98 Å². The Hall–Kier alpha value is -0.840. The molecule has 2 N–H and O–H groups in total. The second kappa shape index (κ2) is 2.90. The summed E-state index contributed by atoms with van der Waals surface area (Å²) >= 11 is 2.16. The minimum absolute atomic E-state index is 0.796. The summed E-state index contributed by atoms with van der Waals surface area (Å²) in [5, 5.41) is 1.03. The van der Waals surface area contributed by atoms with Crippen LogP contribution in [-0.4, -0.2) is 4.98 Å². The highest BCUT2D eigenvalue weighted by Gasteiger charge is 1.98. The molecular formula is C9H7IN2. The van der Waals surface area contributed by atoms with Gasteiger partial charge in [0.2, 0.25) is 0 Å². The van der Waals surface area contributed by atoms with E-state index in [1.165, 1.54) is 0 Å². The van der Waals surface area contributed by atoms with Crippen LogP contribution >= 0.6 is 22.6 Å². The normalized spacial score (nSPS) is 10.4. The molecule has 0 aliphatic rings. The molecule has 1 aromatic heterocycles. The van der Waals surface area contributed by atoms with Crippen LogP contribution in [0.15, 0.2) is 30.3 Å². The lowest BCUT2D eigenvalue weighted by molar-refractivity contribution is 1.35. The number of aromatic nitrogens is 1. The first-order chi connectivity index (χ1) is 5.77. The molecule has 0 spiro atoms. The number of pyridine rings is 1. The van der Waals surface area contributed by atoms with Crippen LogP contribution in [0.2, 0.25) is 0 Å². The number of nitrogen functional groups attached to an aromatic ring is 1. The van der Waals surface area contributed by atoms with Gasteiger partial charge in [0.15, 0.2) is 0 Å². The van der Waals surface area contributed by atoms with E-state index in [-0.39, 0.29) is 0 Å². The Morgan fingerprint density at radius 1 is 1.25 bits per heavy atom. The molecule has 0 bridgehead atoms.